The van der Waals surface area contributed by atoms with Crippen LogP contribution in [0.2, 0.25) is 0 Å². The summed E-state index contributed by atoms with van der Waals surface area (Å²) in [5.74, 6) is 0.963. The third-order valence-corrected chi connectivity index (χ3v) is 2.65. The highest BCUT2D eigenvalue weighted by molar-refractivity contribution is 4.87. The highest BCUT2D eigenvalue weighted by Crippen LogP contribution is 2.21. The monoisotopic (exact) mass is 265 g/mol. The van der Waals surface area contributed by atoms with Crippen molar-refractivity contribution in [2.45, 2.75) is 45.2 Å². The Kier molecular flexibility index (Phi) is 5.58. The molecule has 1 rings (SSSR count). The Morgan fingerprint density at radius 3 is 2.61 bits per heavy atom. The van der Waals surface area contributed by atoms with Gasteiger partial charge in [-0.1, -0.05) is 12.1 Å². The Hall–Kier alpha value is -1.11. The molecular formula is C11H18F3N3O. The summed E-state index contributed by atoms with van der Waals surface area (Å²) in [5.41, 5.74) is 5.42. The van der Waals surface area contributed by atoms with Crippen LogP contribution in [0.1, 0.15) is 37.9 Å². The lowest BCUT2D eigenvalue weighted by atomic mass is 10.0. The van der Waals surface area contributed by atoms with E-state index in [1.165, 1.54) is 0 Å². The second-order valence-electron chi connectivity index (χ2n) is 4.44. The van der Waals surface area contributed by atoms with Crippen molar-refractivity contribution in [3.05, 3.63) is 11.7 Å². The first-order valence-corrected chi connectivity index (χ1v) is 5.99. The van der Waals surface area contributed by atoms with Gasteiger partial charge in [-0.15, -0.1) is 0 Å². The quantitative estimate of drug-likeness (QED) is 0.822. The predicted molar refractivity (Wildman–Crippen MR) is 59.8 cm³/mol. The minimum absolute atomic E-state index is 0.119. The Bertz CT molecular complexity index is 352. The molecule has 0 aromatic carbocycles. The zero-order chi connectivity index (χ0) is 13.6. The number of halogens is 3. The van der Waals surface area contributed by atoms with Gasteiger partial charge in [-0.05, 0) is 25.3 Å². The number of aromatic nitrogens is 2. The summed E-state index contributed by atoms with van der Waals surface area (Å²) in [4.78, 5) is 3.94. The molecule has 0 bridgehead atoms. The zero-order valence-electron chi connectivity index (χ0n) is 10.3. The highest BCUT2D eigenvalue weighted by atomic mass is 19.4. The first kappa shape index (κ1) is 14.9. The molecule has 1 unspecified atom stereocenters. The molecule has 2 N–H and O–H groups in total. The van der Waals surface area contributed by atoms with Crippen molar-refractivity contribution in [1.82, 2.24) is 10.1 Å². The van der Waals surface area contributed by atoms with Gasteiger partial charge in [0.1, 0.15) is 0 Å². The lowest BCUT2D eigenvalue weighted by Gasteiger charge is -2.06. The summed E-state index contributed by atoms with van der Waals surface area (Å²) < 4.78 is 40.9. The van der Waals surface area contributed by atoms with Crippen molar-refractivity contribution in [2.24, 2.45) is 11.7 Å². The molecular weight excluding hydrogens is 247 g/mol. The van der Waals surface area contributed by atoms with E-state index >= 15 is 0 Å². The number of rotatable bonds is 7. The molecule has 0 saturated heterocycles. The summed E-state index contributed by atoms with van der Waals surface area (Å²) in [5, 5.41) is 3.53. The van der Waals surface area contributed by atoms with Gasteiger partial charge in [0.2, 0.25) is 5.89 Å². The molecule has 0 aliphatic heterocycles. The van der Waals surface area contributed by atoms with Gasteiger partial charge in [-0.25, -0.2) is 0 Å². The van der Waals surface area contributed by atoms with Crippen molar-refractivity contribution in [2.75, 3.05) is 6.54 Å². The van der Waals surface area contributed by atoms with Gasteiger partial charge in [0.15, 0.2) is 5.82 Å². The minimum Gasteiger partial charge on any atom is -0.339 e. The van der Waals surface area contributed by atoms with Crippen LogP contribution in [0.3, 0.4) is 0 Å². The topological polar surface area (TPSA) is 64.9 Å². The molecule has 1 aromatic heterocycles. The molecule has 0 radical (unpaired) electrons. The zero-order valence-corrected chi connectivity index (χ0v) is 10.3. The Labute approximate surface area is 104 Å². The van der Waals surface area contributed by atoms with Crippen LogP contribution in [0, 0.1) is 5.92 Å². The molecule has 0 aliphatic rings. The number of nitrogens with zero attached hydrogens (tertiary/aromatic N) is 2. The normalized spacial score (nSPS) is 13.8. The third kappa shape index (κ3) is 6.00. The maximum atomic E-state index is 12.0. The van der Waals surface area contributed by atoms with Gasteiger partial charge < -0.3 is 10.3 Å². The second kappa shape index (κ2) is 6.72. The molecule has 0 aliphatic carbocycles. The van der Waals surface area contributed by atoms with E-state index in [0.717, 1.165) is 12.8 Å². The number of nitrogens with two attached hydrogens (primary N) is 1. The van der Waals surface area contributed by atoms with Crippen LogP contribution in [0.5, 0.6) is 0 Å². The van der Waals surface area contributed by atoms with E-state index in [4.69, 9.17) is 10.3 Å². The molecule has 0 spiro atoms. The third-order valence-electron chi connectivity index (χ3n) is 2.65. The van der Waals surface area contributed by atoms with Crippen molar-refractivity contribution >= 4 is 0 Å². The largest absolute Gasteiger partial charge is 0.389 e. The molecule has 104 valence electrons. The van der Waals surface area contributed by atoms with E-state index in [0.29, 0.717) is 24.8 Å². The van der Waals surface area contributed by atoms with Gasteiger partial charge in [0, 0.05) is 12.8 Å². The fourth-order valence-electron chi connectivity index (χ4n) is 1.55. The van der Waals surface area contributed by atoms with Crippen LogP contribution in [0.25, 0.3) is 0 Å². The van der Waals surface area contributed by atoms with Gasteiger partial charge in [0.25, 0.3) is 0 Å². The van der Waals surface area contributed by atoms with Crippen LogP contribution in [0.4, 0.5) is 13.2 Å². The van der Waals surface area contributed by atoms with Crippen molar-refractivity contribution in [3.63, 3.8) is 0 Å². The molecule has 0 saturated carbocycles. The molecule has 0 amide bonds. The molecule has 4 nitrogen and oxygen atoms in total. The van der Waals surface area contributed by atoms with Crippen LogP contribution < -0.4 is 5.73 Å². The fourth-order valence-corrected chi connectivity index (χ4v) is 1.55. The maximum absolute atomic E-state index is 12.0. The van der Waals surface area contributed by atoms with E-state index in [2.05, 4.69) is 17.1 Å². The first-order valence-electron chi connectivity index (χ1n) is 5.99. The molecule has 1 aromatic rings. The van der Waals surface area contributed by atoms with Crippen LogP contribution in [0.15, 0.2) is 4.52 Å². The summed E-state index contributed by atoms with van der Waals surface area (Å²) in [6.45, 7) is 2.69. The summed E-state index contributed by atoms with van der Waals surface area (Å²) in [6, 6.07) is 0. The molecule has 0 fully saturated rings. The van der Waals surface area contributed by atoms with Gasteiger partial charge in [-0.2, -0.15) is 18.2 Å². The maximum Gasteiger partial charge on any atom is 0.389 e. The van der Waals surface area contributed by atoms with Crippen LogP contribution >= 0.6 is 0 Å². The molecule has 7 heteroatoms. The predicted octanol–water partition coefficient (Wildman–Crippen LogP) is 2.48. The average Bonchev–Trinajstić information content (AvgIpc) is 2.71. The van der Waals surface area contributed by atoms with E-state index in [9.17, 15) is 13.2 Å². The summed E-state index contributed by atoms with van der Waals surface area (Å²) in [7, 11) is 0. The molecule has 18 heavy (non-hydrogen) atoms. The Morgan fingerprint density at radius 2 is 2.00 bits per heavy atom. The Balaban J connectivity index is 2.34. The van der Waals surface area contributed by atoms with Crippen molar-refractivity contribution < 1.29 is 17.7 Å². The average molecular weight is 265 g/mol. The number of hydrogen-bond donors (Lipinski definition) is 1. The molecule has 1 heterocycles. The summed E-state index contributed by atoms with van der Waals surface area (Å²) >= 11 is 0. The standard InChI is InChI=1S/C11H18F3N3O/c1-8(5-7-15)2-3-10-16-9(17-18-10)4-6-11(12,13)14/h8H,2-7,15H2,1H3. The fraction of sp³-hybridized carbons (Fsp3) is 0.818. The van der Waals surface area contributed by atoms with Crippen LogP contribution in [-0.4, -0.2) is 22.9 Å². The smallest absolute Gasteiger partial charge is 0.339 e. The molecule has 1 atom stereocenters. The lowest BCUT2D eigenvalue weighted by Crippen LogP contribution is -2.09. The second-order valence-corrected chi connectivity index (χ2v) is 4.44. The summed E-state index contributed by atoms with van der Waals surface area (Å²) in [6.07, 6.45) is -3.00. The van der Waals surface area contributed by atoms with E-state index in [1.807, 2.05) is 0 Å². The minimum atomic E-state index is -4.18. The van der Waals surface area contributed by atoms with Crippen molar-refractivity contribution in [3.8, 4) is 0 Å². The van der Waals surface area contributed by atoms with E-state index in [1.54, 1.807) is 0 Å². The SMILES string of the molecule is CC(CCN)CCc1nc(CCC(F)(F)F)no1. The highest BCUT2D eigenvalue weighted by Gasteiger charge is 2.27. The lowest BCUT2D eigenvalue weighted by molar-refractivity contribution is -0.134. The van der Waals surface area contributed by atoms with Crippen LogP contribution in [-0.2, 0) is 12.8 Å². The van der Waals surface area contributed by atoms with Crippen molar-refractivity contribution in [1.29, 1.82) is 0 Å². The van der Waals surface area contributed by atoms with Gasteiger partial charge in [-0.3, -0.25) is 0 Å². The first-order chi connectivity index (χ1) is 8.40. The Morgan fingerprint density at radius 1 is 1.28 bits per heavy atom. The van der Waals surface area contributed by atoms with E-state index < -0.39 is 12.6 Å². The number of hydrogen-bond acceptors (Lipinski definition) is 4. The number of alkyl halides is 3. The van der Waals surface area contributed by atoms with Gasteiger partial charge >= 0.3 is 6.18 Å². The van der Waals surface area contributed by atoms with Gasteiger partial charge in [0.05, 0.1) is 6.42 Å². The number of aryl methyl sites for hydroxylation is 2. The van der Waals surface area contributed by atoms with E-state index in [-0.39, 0.29) is 12.2 Å².